The van der Waals surface area contributed by atoms with E-state index in [0.717, 1.165) is 0 Å². The molecule has 1 atom stereocenters. The Morgan fingerprint density at radius 3 is 2.56 bits per heavy atom. The number of methoxy groups -OCH3 is 1. The number of carbonyl (C=O) groups excluding carboxylic acids is 2. The van der Waals surface area contributed by atoms with Gasteiger partial charge in [0.15, 0.2) is 22.7 Å². The summed E-state index contributed by atoms with van der Waals surface area (Å²) in [5.74, 6) is -1.46. The van der Waals surface area contributed by atoms with E-state index in [-0.39, 0.29) is 17.3 Å². The van der Waals surface area contributed by atoms with Crippen LogP contribution in [0.2, 0.25) is 0 Å². The van der Waals surface area contributed by atoms with E-state index in [0.29, 0.717) is 24.8 Å². The molecule has 1 saturated carbocycles. The molecule has 1 aliphatic carbocycles. The van der Waals surface area contributed by atoms with E-state index >= 15 is 0 Å². The quantitative estimate of drug-likeness (QED) is 0.469. The zero-order chi connectivity index (χ0) is 13.3. The van der Waals surface area contributed by atoms with E-state index in [2.05, 4.69) is 0 Å². The lowest BCUT2D eigenvalue weighted by Gasteiger charge is -2.24. The number of aromatic hydroxyl groups is 2. The lowest BCUT2D eigenvalue weighted by Crippen LogP contribution is -2.40. The Morgan fingerprint density at radius 1 is 1.33 bits per heavy atom. The number of ether oxygens (including phenoxy) is 1. The van der Waals surface area contributed by atoms with Crippen LogP contribution in [0.5, 0.6) is 11.5 Å². The number of rotatable bonds is 2. The number of benzene rings is 1. The average molecular weight is 250 g/mol. The minimum atomic E-state index is -1.33. The molecule has 1 unspecified atom stereocenters. The minimum absolute atomic E-state index is 0.209. The van der Waals surface area contributed by atoms with E-state index in [1.807, 2.05) is 0 Å². The van der Waals surface area contributed by atoms with E-state index in [1.165, 1.54) is 25.3 Å². The summed E-state index contributed by atoms with van der Waals surface area (Å²) in [6.45, 7) is 0. The summed E-state index contributed by atoms with van der Waals surface area (Å²) in [6.07, 6.45) is 1.29. The van der Waals surface area contributed by atoms with Crippen LogP contribution in [0.15, 0.2) is 18.2 Å². The van der Waals surface area contributed by atoms with Gasteiger partial charge >= 0.3 is 5.97 Å². The van der Waals surface area contributed by atoms with Gasteiger partial charge in [0.1, 0.15) is 0 Å². The van der Waals surface area contributed by atoms with E-state index in [1.54, 1.807) is 0 Å². The highest BCUT2D eigenvalue weighted by molar-refractivity contribution is 6.11. The zero-order valence-corrected chi connectivity index (χ0v) is 9.97. The molecule has 1 fully saturated rings. The van der Waals surface area contributed by atoms with Crippen molar-refractivity contribution in [1.82, 2.24) is 0 Å². The number of phenols is 2. The van der Waals surface area contributed by atoms with Gasteiger partial charge in [-0.3, -0.25) is 9.59 Å². The Balaban J connectivity index is 2.57. The van der Waals surface area contributed by atoms with Crippen molar-refractivity contribution in [2.75, 3.05) is 7.11 Å². The Labute approximate surface area is 104 Å². The van der Waals surface area contributed by atoms with Gasteiger partial charge in [-0.1, -0.05) is 6.07 Å². The maximum atomic E-state index is 12.0. The van der Waals surface area contributed by atoms with Crippen LogP contribution in [0.1, 0.15) is 24.8 Å². The molecule has 1 aromatic rings. The molecular formula is C13H14O5. The third kappa shape index (κ3) is 1.63. The SMILES string of the molecule is COC(=O)C1(c2ccc(O)c(O)c2)CCCC1=O. The Hall–Kier alpha value is -2.04. The van der Waals surface area contributed by atoms with Crippen molar-refractivity contribution in [2.24, 2.45) is 0 Å². The smallest absolute Gasteiger partial charge is 0.323 e. The second-order valence-electron chi connectivity index (χ2n) is 4.38. The van der Waals surface area contributed by atoms with E-state index < -0.39 is 11.4 Å². The topological polar surface area (TPSA) is 83.8 Å². The minimum Gasteiger partial charge on any atom is -0.504 e. The predicted molar refractivity (Wildman–Crippen MR) is 62.3 cm³/mol. The van der Waals surface area contributed by atoms with Crippen LogP contribution in [0, 0.1) is 0 Å². The largest absolute Gasteiger partial charge is 0.504 e. The van der Waals surface area contributed by atoms with Crippen molar-refractivity contribution in [3.05, 3.63) is 23.8 Å². The van der Waals surface area contributed by atoms with Gasteiger partial charge in [-0.2, -0.15) is 0 Å². The molecule has 2 rings (SSSR count). The first-order chi connectivity index (χ1) is 8.52. The first-order valence-electron chi connectivity index (χ1n) is 5.66. The van der Waals surface area contributed by atoms with Gasteiger partial charge in [-0.15, -0.1) is 0 Å². The van der Waals surface area contributed by atoms with Gasteiger partial charge in [0.05, 0.1) is 7.11 Å². The van der Waals surface area contributed by atoms with Crippen LogP contribution in [0.25, 0.3) is 0 Å². The highest BCUT2D eigenvalue weighted by atomic mass is 16.5. The molecule has 0 aliphatic heterocycles. The monoisotopic (exact) mass is 250 g/mol. The van der Waals surface area contributed by atoms with Gasteiger partial charge in [0, 0.05) is 6.42 Å². The van der Waals surface area contributed by atoms with Crippen molar-refractivity contribution in [2.45, 2.75) is 24.7 Å². The van der Waals surface area contributed by atoms with Crippen molar-refractivity contribution >= 4 is 11.8 Å². The van der Waals surface area contributed by atoms with Crippen LogP contribution >= 0.6 is 0 Å². The van der Waals surface area contributed by atoms with Crippen LogP contribution in [0.3, 0.4) is 0 Å². The molecule has 5 nitrogen and oxygen atoms in total. The standard InChI is InChI=1S/C13H14O5/c1-18-12(17)13(6-2-3-11(13)16)8-4-5-9(14)10(15)7-8/h4-5,7,14-15H,2-3,6H2,1H3. The number of Topliss-reactive ketones (excluding diaryl/α,β-unsaturated/α-hetero) is 1. The molecule has 96 valence electrons. The molecule has 5 heteroatoms. The van der Waals surface area contributed by atoms with Crippen molar-refractivity contribution < 1.29 is 24.5 Å². The second-order valence-corrected chi connectivity index (χ2v) is 4.38. The summed E-state index contributed by atoms with van der Waals surface area (Å²) in [7, 11) is 1.23. The van der Waals surface area contributed by atoms with Crippen molar-refractivity contribution in [3.8, 4) is 11.5 Å². The summed E-state index contributed by atoms with van der Waals surface area (Å²) in [6, 6.07) is 3.98. The van der Waals surface area contributed by atoms with Gasteiger partial charge in [-0.05, 0) is 30.5 Å². The van der Waals surface area contributed by atoms with Crippen LogP contribution < -0.4 is 0 Å². The van der Waals surface area contributed by atoms with Crippen LogP contribution in [-0.4, -0.2) is 29.1 Å². The third-order valence-corrected chi connectivity index (χ3v) is 3.43. The summed E-state index contributed by atoms with van der Waals surface area (Å²) >= 11 is 0. The molecule has 1 aromatic carbocycles. The molecule has 0 saturated heterocycles. The van der Waals surface area contributed by atoms with Gasteiger partial charge in [0.25, 0.3) is 0 Å². The molecule has 0 amide bonds. The lowest BCUT2D eigenvalue weighted by atomic mass is 9.78. The van der Waals surface area contributed by atoms with Crippen molar-refractivity contribution in [1.29, 1.82) is 0 Å². The molecular weight excluding hydrogens is 236 g/mol. The number of esters is 1. The molecule has 1 aliphatic rings. The molecule has 0 heterocycles. The van der Waals surface area contributed by atoms with Crippen LogP contribution in [0.4, 0.5) is 0 Å². The zero-order valence-electron chi connectivity index (χ0n) is 9.97. The fraction of sp³-hybridized carbons (Fsp3) is 0.385. The Morgan fingerprint density at radius 2 is 2.06 bits per heavy atom. The Kier molecular flexibility index (Phi) is 2.98. The normalized spacial score (nSPS) is 23.1. The van der Waals surface area contributed by atoms with Crippen molar-refractivity contribution in [3.63, 3.8) is 0 Å². The molecule has 0 bridgehead atoms. The highest BCUT2D eigenvalue weighted by Gasteiger charge is 2.51. The summed E-state index contributed by atoms with van der Waals surface area (Å²) in [4.78, 5) is 24.0. The summed E-state index contributed by atoms with van der Waals surface area (Å²) in [5, 5.41) is 18.8. The molecule has 2 N–H and O–H groups in total. The second kappa shape index (κ2) is 4.33. The van der Waals surface area contributed by atoms with Gasteiger partial charge in [0.2, 0.25) is 0 Å². The lowest BCUT2D eigenvalue weighted by molar-refractivity contribution is -0.150. The van der Waals surface area contributed by atoms with Crippen LogP contribution in [-0.2, 0) is 19.7 Å². The number of phenolic OH excluding ortho intramolecular Hbond substituents is 2. The third-order valence-electron chi connectivity index (χ3n) is 3.43. The maximum Gasteiger partial charge on any atom is 0.323 e. The molecule has 0 spiro atoms. The number of carbonyl (C=O) groups is 2. The maximum absolute atomic E-state index is 12.0. The summed E-state index contributed by atoms with van der Waals surface area (Å²) < 4.78 is 4.73. The number of hydrogen-bond acceptors (Lipinski definition) is 5. The first-order valence-corrected chi connectivity index (χ1v) is 5.66. The average Bonchev–Trinajstić information content (AvgIpc) is 2.74. The van der Waals surface area contributed by atoms with E-state index in [9.17, 15) is 19.8 Å². The number of ketones is 1. The summed E-state index contributed by atoms with van der Waals surface area (Å²) in [5.41, 5.74) is -0.966. The van der Waals surface area contributed by atoms with E-state index in [4.69, 9.17) is 4.74 Å². The predicted octanol–water partition coefficient (Wildman–Crippen LogP) is 1.26. The molecule has 0 radical (unpaired) electrons. The van der Waals surface area contributed by atoms with Gasteiger partial charge in [-0.25, -0.2) is 0 Å². The first kappa shape index (κ1) is 12.4. The molecule has 0 aromatic heterocycles. The van der Waals surface area contributed by atoms with Gasteiger partial charge < -0.3 is 14.9 Å². The highest BCUT2D eigenvalue weighted by Crippen LogP contribution is 2.41. The molecule has 18 heavy (non-hydrogen) atoms. The fourth-order valence-corrected chi connectivity index (χ4v) is 2.47. The fourth-order valence-electron chi connectivity index (χ4n) is 2.47. The Bertz CT molecular complexity index is 508. The number of hydrogen-bond donors (Lipinski definition) is 2.